The molecule has 1 aliphatic heterocycles. The molecule has 0 amide bonds. The summed E-state index contributed by atoms with van der Waals surface area (Å²) < 4.78 is 18.2. The third-order valence-corrected chi connectivity index (χ3v) is 2.74. The summed E-state index contributed by atoms with van der Waals surface area (Å²) in [6.45, 7) is 0.343. The normalized spacial score (nSPS) is 22.7. The van der Waals surface area contributed by atoms with E-state index in [4.69, 9.17) is 4.52 Å². The van der Waals surface area contributed by atoms with Gasteiger partial charge in [0.15, 0.2) is 0 Å². The lowest BCUT2D eigenvalue weighted by Crippen LogP contribution is -2.14. The van der Waals surface area contributed by atoms with Crippen molar-refractivity contribution in [2.45, 2.75) is 18.6 Å². The van der Waals surface area contributed by atoms with Gasteiger partial charge in [-0.3, -0.25) is 4.98 Å². The number of hydrogen-bond acceptors (Lipinski definition) is 5. The van der Waals surface area contributed by atoms with Gasteiger partial charge in [-0.15, -0.1) is 12.4 Å². The van der Waals surface area contributed by atoms with Gasteiger partial charge < -0.3 is 9.84 Å². The van der Waals surface area contributed by atoms with Crippen molar-refractivity contribution in [1.29, 1.82) is 0 Å². The Morgan fingerprint density at radius 2 is 2.33 bits per heavy atom. The Hall–Kier alpha value is -1.53. The van der Waals surface area contributed by atoms with Crippen molar-refractivity contribution >= 4 is 12.4 Å². The molecule has 2 unspecified atom stereocenters. The van der Waals surface area contributed by atoms with Crippen molar-refractivity contribution in [2.75, 3.05) is 6.54 Å². The Morgan fingerprint density at radius 1 is 1.44 bits per heavy atom. The van der Waals surface area contributed by atoms with Crippen molar-refractivity contribution in [2.24, 2.45) is 0 Å². The van der Waals surface area contributed by atoms with Crippen LogP contribution in [-0.4, -0.2) is 27.8 Å². The highest BCUT2D eigenvalue weighted by atomic mass is 35.5. The number of alkyl halides is 1. The number of hydrogen-bond donors (Lipinski definition) is 1. The fourth-order valence-electron chi connectivity index (χ4n) is 1.87. The summed E-state index contributed by atoms with van der Waals surface area (Å²) in [4.78, 5) is 8.23. The van der Waals surface area contributed by atoms with Gasteiger partial charge in [0.2, 0.25) is 11.7 Å². The number of rotatable bonds is 2. The van der Waals surface area contributed by atoms with Gasteiger partial charge in [-0.05, 0) is 12.1 Å². The van der Waals surface area contributed by atoms with Crippen molar-refractivity contribution in [3.05, 3.63) is 30.4 Å². The Morgan fingerprint density at radius 3 is 3.00 bits per heavy atom. The molecule has 2 atom stereocenters. The predicted molar refractivity (Wildman–Crippen MR) is 65.0 cm³/mol. The highest BCUT2D eigenvalue weighted by Crippen LogP contribution is 2.25. The van der Waals surface area contributed by atoms with Gasteiger partial charge >= 0.3 is 0 Å². The van der Waals surface area contributed by atoms with Crippen molar-refractivity contribution in [1.82, 2.24) is 20.4 Å². The van der Waals surface area contributed by atoms with Crippen LogP contribution < -0.4 is 5.32 Å². The van der Waals surface area contributed by atoms with Crippen LogP contribution in [0.3, 0.4) is 0 Å². The minimum atomic E-state index is -0.839. The summed E-state index contributed by atoms with van der Waals surface area (Å²) in [7, 11) is 0. The second-order valence-corrected chi connectivity index (χ2v) is 3.99. The van der Waals surface area contributed by atoms with Gasteiger partial charge in [0.1, 0.15) is 6.17 Å². The zero-order chi connectivity index (χ0) is 11.7. The van der Waals surface area contributed by atoms with Crippen LogP contribution in [0, 0.1) is 0 Å². The fraction of sp³-hybridized carbons (Fsp3) is 0.364. The zero-order valence-electron chi connectivity index (χ0n) is 9.41. The first-order valence-electron chi connectivity index (χ1n) is 5.44. The molecule has 2 aromatic rings. The van der Waals surface area contributed by atoms with Gasteiger partial charge in [-0.25, -0.2) is 4.39 Å². The molecule has 18 heavy (non-hydrogen) atoms. The standard InChI is InChI=1S/C11H11FN4O.ClH/c12-8-4-9(14-6-8)11-15-10(16-17-11)7-2-1-3-13-5-7;/h1-3,5,8-9,14H,4,6H2;1H. The van der Waals surface area contributed by atoms with E-state index in [1.807, 2.05) is 6.07 Å². The highest BCUT2D eigenvalue weighted by Gasteiger charge is 2.29. The van der Waals surface area contributed by atoms with Crippen molar-refractivity contribution in [3.8, 4) is 11.4 Å². The van der Waals surface area contributed by atoms with Crippen molar-refractivity contribution in [3.63, 3.8) is 0 Å². The zero-order valence-corrected chi connectivity index (χ0v) is 10.2. The second-order valence-electron chi connectivity index (χ2n) is 3.99. The van der Waals surface area contributed by atoms with Crippen LogP contribution in [0.15, 0.2) is 29.0 Å². The third kappa shape index (κ3) is 2.49. The molecule has 7 heteroatoms. The van der Waals surface area contributed by atoms with Crippen LogP contribution in [0.5, 0.6) is 0 Å². The average molecular weight is 271 g/mol. The monoisotopic (exact) mass is 270 g/mol. The van der Waals surface area contributed by atoms with Gasteiger partial charge in [-0.2, -0.15) is 4.98 Å². The minimum Gasteiger partial charge on any atom is -0.337 e. The predicted octanol–water partition coefficient (Wildman–Crippen LogP) is 1.93. The van der Waals surface area contributed by atoms with E-state index in [2.05, 4.69) is 20.4 Å². The molecular formula is C11H12ClFN4O. The van der Waals surface area contributed by atoms with E-state index in [-0.39, 0.29) is 18.4 Å². The first kappa shape index (κ1) is 12.9. The fourth-order valence-corrected chi connectivity index (χ4v) is 1.87. The molecule has 3 heterocycles. The molecule has 0 aliphatic carbocycles. The molecule has 96 valence electrons. The molecular weight excluding hydrogens is 259 g/mol. The summed E-state index contributed by atoms with van der Waals surface area (Å²) in [5, 5.41) is 6.87. The number of aromatic nitrogens is 3. The van der Waals surface area contributed by atoms with Crippen LogP contribution in [0.2, 0.25) is 0 Å². The van der Waals surface area contributed by atoms with Gasteiger partial charge in [0.05, 0.1) is 6.04 Å². The third-order valence-electron chi connectivity index (χ3n) is 2.74. The van der Waals surface area contributed by atoms with Crippen LogP contribution in [0.4, 0.5) is 4.39 Å². The number of pyridine rings is 1. The number of halogens is 2. The first-order valence-corrected chi connectivity index (χ1v) is 5.44. The van der Waals surface area contributed by atoms with Gasteiger partial charge in [0, 0.05) is 30.9 Å². The molecule has 1 aliphatic rings. The molecule has 1 N–H and O–H groups in total. The SMILES string of the molecule is Cl.FC1CNC(c2nc(-c3cccnc3)no2)C1. The van der Waals surface area contributed by atoms with E-state index in [0.717, 1.165) is 5.56 Å². The van der Waals surface area contributed by atoms with Crippen LogP contribution >= 0.6 is 12.4 Å². The lowest BCUT2D eigenvalue weighted by molar-refractivity contribution is 0.324. The highest BCUT2D eigenvalue weighted by molar-refractivity contribution is 5.85. The molecule has 0 radical (unpaired) electrons. The Labute approximate surface area is 109 Å². The molecule has 0 spiro atoms. The van der Waals surface area contributed by atoms with E-state index in [9.17, 15) is 4.39 Å². The smallest absolute Gasteiger partial charge is 0.244 e. The molecule has 2 aromatic heterocycles. The van der Waals surface area contributed by atoms with E-state index in [0.29, 0.717) is 24.7 Å². The number of nitrogens with zero attached hydrogens (tertiary/aromatic N) is 3. The van der Waals surface area contributed by atoms with E-state index >= 15 is 0 Å². The summed E-state index contributed by atoms with van der Waals surface area (Å²) in [5.74, 6) is 0.918. The van der Waals surface area contributed by atoms with E-state index in [1.54, 1.807) is 18.5 Å². The quantitative estimate of drug-likeness (QED) is 0.903. The first-order chi connectivity index (χ1) is 8.33. The summed E-state index contributed by atoms with van der Waals surface area (Å²) in [5.41, 5.74) is 0.789. The number of nitrogens with one attached hydrogen (secondary N) is 1. The maximum Gasteiger partial charge on any atom is 0.244 e. The van der Waals surface area contributed by atoms with Gasteiger partial charge in [0.25, 0.3) is 0 Å². The molecule has 0 bridgehead atoms. The lowest BCUT2D eigenvalue weighted by Gasteiger charge is -2.00. The minimum absolute atomic E-state index is 0. The molecule has 0 aromatic carbocycles. The second kappa shape index (κ2) is 5.41. The summed E-state index contributed by atoms with van der Waals surface area (Å²) in [6.07, 6.45) is 2.88. The topological polar surface area (TPSA) is 63.8 Å². The van der Waals surface area contributed by atoms with Crippen LogP contribution in [-0.2, 0) is 0 Å². The Bertz CT molecular complexity index is 507. The van der Waals surface area contributed by atoms with Crippen LogP contribution in [0.25, 0.3) is 11.4 Å². The maximum absolute atomic E-state index is 13.0. The largest absolute Gasteiger partial charge is 0.337 e. The molecule has 0 saturated carbocycles. The van der Waals surface area contributed by atoms with Gasteiger partial charge in [-0.1, -0.05) is 5.16 Å². The lowest BCUT2D eigenvalue weighted by atomic mass is 10.2. The molecule has 1 saturated heterocycles. The maximum atomic E-state index is 13.0. The average Bonchev–Trinajstić information content (AvgIpc) is 2.98. The summed E-state index contributed by atoms with van der Waals surface area (Å²) in [6, 6.07) is 3.47. The summed E-state index contributed by atoms with van der Waals surface area (Å²) >= 11 is 0. The Balaban J connectivity index is 0.00000120. The Kier molecular flexibility index (Phi) is 3.88. The molecule has 1 fully saturated rings. The molecule has 3 rings (SSSR count). The van der Waals surface area contributed by atoms with Crippen molar-refractivity contribution < 1.29 is 8.91 Å². The van der Waals surface area contributed by atoms with E-state index in [1.165, 1.54) is 0 Å². The van der Waals surface area contributed by atoms with E-state index < -0.39 is 6.17 Å². The molecule has 5 nitrogen and oxygen atoms in total. The van der Waals surface area contributed by atoms with Crippen LogP contribution in [0.1, 0.15) is 18.4 Å².